The standard InChI is InChI=1S/C27H36ClN3O3/c1-6-7-8-9-10-11-15-34-26(33)18(2)19-16-20(27(3,4)5)25(32)23(17-19)31-29-22-14-12-13-21(28)24(22)30-31/h12-14,16-18,32H,6-11,15H2,1-5H3. The molecule has 2 aromatic carbocycles. The van der Waals surface area contributed by atoms with Crippen LogP contribution in [0.4, 0.5) is 0 Å². The maximum absolute atomic E-state index is 12.8. The largest absolute Gasteiger partial charge is 0.505 e. The van der Waals surface area contributed by atoms with Crippen LogP contribution in [-0.2, 0) is 14.9 Å². The molecule has 0 amide bonds. The summed E-state index contributed by atoms with van der Waals surface area (Å²) in [5.41, 5.74) is 2.69. The van der Waals surface area contributed by atoms with Crippen molar-refractivity contribution in [1.29, 1.82) is 0 Å². The first-order chi connectivity index (χ1) is 16.1. The molecule has 1 N–H and O–H groups in total. The molecule has 0 aliphatic heterocycles. The maximum atomic E-state index is 12.8. The first kappa shape index (κ1) is 26.0. The van der Waals surface area contributed by atoms with Crippen LogP contribution in [0.15, 0.2) is 30.3 Å². The second kappa shape index (κ2) is 11.2. The lowest BCUT2D eigenvalue weighted by Gasteiger charge is -2.24. The fourth-order valence-electron chi connectivity index (χ4n) is 3.94. The van der Waals surface area contributed by atoms with Crippen LogP contribution < -0.4 is 0 Å². The van der Waals surface area contributed by atoms with Gasteiger partial charge in [-0.2, -0.15) is 0 Å². The van der Waals surface area contributed by atoms with Gasteiger partial charge in [0.25, 0.3) is 0 Å². The Balaban J connectivity index is 1.86. The number of phenols is 1. The second-order valence-electron chi connectivity index (χ2n) is 9.94. The molecule has 0 spiro atoms. The third kappa shape index (κ3) is 6.09. The number of hydrogen-bond acceptors (Lipinski definition) is 5. The van der Waals surface area contributed by atoms with Crippen molar-refractivity contribution in [2.75, 3.05) is 6.61 Å². The molecule has 0 aliphatic rings. The molecule has 0 saturated carbocycles. The molecule has 0 fully saturated rings. The smallest absolute Gasteiger partial charge is 0.313 e. The van der Waals surface area contributed by atoms with Crippen molar-refractivity contribution in [3.63, 3.8) is 0 Å². The number of rotatable bonds is 10. The number of hydrogen-bond donors (Lipinski definition) is 1. The van der Waals surface area contributed by atoms with Crippen LogP contribution in [0, 0.1) is 0 Å². The van der Waals surface area contributed by atoms with Crippen molar-refractivity contribution in [3.8, 4) is 11.4 Å². The van der Waals surface area contributed by atoms with E-state index in [1.54, 1.807) is 12.1 Å². The number of aromatic hydroxyl groups is 1. The van der Waals surface area contributed by atoms with E-state index in [9.17, 15) is 9.90 Å². The molecule has 0 saturated heterocycles. The average molecular weight is 486 g/mol. The van der Waals surface area contributed by atoms with Gasteiger partial charge >= 0.3 is 5.97 Å². The molecule has 6 nitrogen and oxygen atoms in total. The van der Waals surface area contributed by atoms with E-state index in [1.807, 2.05) is 45.9 Å². The number of aromatic nitrogens is 3. The van der Waals surface area contributed by atoms with Crippen LogP contribution in [0.1, 0.15) is 90.2 Å². The first-order valence-electron chi connectivity index (χ1n) is 12.2. The maximum Gasteiger partial charge on any atom is 0.313 e. The number of fused-ring (bicyclic) bond motifs is 1. The van der Waals surface area contributed by atoms with Crippen molar-refractivity contribution in [2.45, 2.75) is 84.5 Å². The molecule has 1 atom stereocenters. The van der Waals surface area contributed by atoms with Crippen molar-refractivity contribution < 1.29 is 14.6 Å². The molecule has 7 heteroatoms. The highest BCUT2D eigenvalue weighted by Crippen LogP contribution is 2.38. The van der Waals surface area contributed by atoms with Gasteiger partial charge in [-0.15, -0.1) is 15.0 Å². The predicted molar refractivity (Wildman–Crippen MR) is 137 cm³/mol. The topological polar surface area (TPSA) is 77.2 Å². The second-order valence-corrected chi connectivity index (χ2v) is 10.3. The van der Waals surface area contributed by atoms with Gasteiger partial charge in [0.1, 0.15) is 22.5 Å². The van der Waals surface area contributed by atoms with Crippen molar-refractivity contribution in [2.24, 2.45) is 0 Å². The van der Waals surface area contributed by atoms with Crippen molar-refractivity contribution in [3.05, 3.63) is 46.5 Å². The Kier molecular flexibility index (Phi) is 8.58. The SMILES string of the molecule is CCCCCCCCOC(=O)C(C)c1cc(-n2nc3cccc(Cl)c3n2)c(O)c(C(C)(C)C)c1. The number of unbranched alkanes of at least 4 members (excludes halogenated alkanes) is 5. The molecule has 0 radical (unpaired) electrons. The minimum Gasteiger partial charge on any atom is -0.505 e. The van der Waals surface area contributed by atoms with Gasteiger partial charge in [0.15, 0.2) is 0 Å². The van der Waals surface area contributed by atoms with E-state index in [0.29, 0.717) is 33.9 Å². The number of ether oxygens (including phenoxy) is 1. The van der Waals surface area contributed by atoms with Crippen molar-refractivity contribution >= 4 is 28.6 Å². The molecule has 1 unspecified atom stereocenters. The van der Waals surface area contributed by atoms with Crippen LogP contribution in [0.5, 0.6) is 5.75 Å². The minimum atomic E-state index is -0.492. The van der Waals surface area contributed by atoms with Crippen LogP contribution in [0.25, 0.3) is 16.7 Å². The normalized spacial score (nSPS) is 12.8. The summed E-state index contributed by atoms with van der Waals surface area (Å²) >= 11 is 6.28. The number of nitrogens with zero attached hydrogens (tertiary/aromatic N) is 3. The van der Waals surface area contributed by atoms with Crippen LogP contribution in [0.3, 0.4) is 0 Å². The fourth-order valence-corrected chi connectivity index (χ4v) is 4.15. The number of benzene rings is 2. The van der Waals surface area contributed by atoms with Gasteiger partial charge < -0.3 is 9.84 Å². The van der Waals surface area contributed by atoms with E-state index < -0.39 is 5.92 Å². The summed E-state index contributed by atoms with van der Waals surface area (Å²) in [5.74, 6) is -0.680. The van der Waals surface area contributed by atoms with Crippen LogP contribution in [-0.4, -0.2) is 32.7 Å². The minimum absolute atomic E-state index is 0.0836. The molecule has 0 aliphatic carbocycles. The average Bonchev–Trinajstić information content (AvgIpc) is 3.22. The zero-order valence-electron chi connectivity index (χ0n) is 20.9. The van der Waals surface area contributed by atoms with E-state index in [4.69, 9.17) is 16.3 Å². The predicted octanol–water partition coefficient (Wildman–Crippen LogP) is 7.08. The zero-order chi connectivity index (χ0) is 24.9. The molecule has 1 aromatic heterocycles. The lowest BCUT2D eigenvalue weighted by Crippen LogP contribution is -2.18. The Morgan fingerprint density at radius 2 is 1.82 bits per heavy atom. The van der Waals surface area contributed by atoms with Crippen LogP contribution in [0.2, 0.25) is 5.02 Å². The Bertz CT molecular complexity index is 1130. The molecular formula is C27H36ClN3O3. The van der Waals surface area contributed by atoms with Gasteiger partial charge in [-0.25, -0.2) is 0 Å². The molecule has 184 valence electrons. The summed E-state index contributed by atoms with van der Waals surface area (Å²) in [6, 6.07) is 9.02. The number of halogens is 1. The summed E-state index contributed by atoms with van der Waals surface area (Å²) in [7, 11) is 0. The van der Waals surface area contributed by atoms with E-state index in [2.05, 4.69) is 17.1 Å². The van der Waals surface area contributed by atoms with Crippen LogP contribution >= 0.6 is 11.6 Å². The van der Waals surface area contributed by atoms with E-state index in [-0.39, 0.29) is 17.1 Å². The summed E-state index contributed by atoms with van der Waals surface area (Å²) in [6.45, 7) is 10.5. The number of carbonyl (C=O) groups excluding carboxylic acids is 1. The highest BCUT2D eigenvalue weighted by Gasteiger charge is 2.27. The Morgan fingerprint density at radius 1 is 1.12 bits per heavy atom. The summed E-state index contributed by atoms with van der Waals surface area (Å²) < 4.78 is 5.57. The Morgan fingerprint density at radius 3 is 2.50 bits per heavy atom. The zero-order valence-corrected chi connectivity index (χ0v) is 21.7. The van der Waals surface area contributed by atoms with Crippen molar-refractivity contribution in [1.82, 2.24) is 15.0 Å². The summed E-state index contributed by atoms with van der Waals surface area (Å²) in [5, 5.41) is 20.6. The van der Waals surface area contributed by atoms with E-state index >= 15 is 0 Å². The number of phenolic OH excluding ortho intramolecular Hbond substituents is 1. The number of esters is 1. The summed E-state index contributed by atoms with van der Waals surface area (Å²) in [6.07, 6.45) is 6.82. The van der Waals surface area contributed by atoms with E-state index in [1.165, 1.54) is 30.5 Å². The monoisotopic (exact) mass is 485 g/mol. The van der Waals surface area contributed by atoms with Gasteiger partial charge in [-0.05, 0) is 42.5 Å². The number of carbonyl (C=O) groups is 1. The summed E-state index contributed by atoms with van der Waals surface area (Å²) in [4.78, 5) is 14.2. The molecular weight excluding hydrogens is 450 g/mol. The lowest BCUT2D eigenvalue weighted by atomic mass is 9.83. The van der Waals surface area contributed by atoms with Gasteiger partial charge in [0.2, 0.25) is 0 Å². The molecule has 0 bridgehead atoms. The first-order valence-corrected chi connectivity index (χ1v) is 12.6. The van der Waals surface area contributed by atoms with Gasteiger partial charge in [0.05, 0.1) is 17.5 Å². The molecule has 1 heterocycles. The quantitative estimate of drug-likeness (QED) is 0.245. The Hall–Kier alpha value is -2.60. The highest BCUT2D eigenvalue weighted by atomic mass is 35.5. The lowest BCUT2D eigenvalue weighted by molar-refractivity contribution is -0.145. The fraction of sp³-hybridized carbons (Fsp3) is 0.519. The van der Waals surface area contributed by atoms with Gasteiger partial charge in [-0.1, -0.05) is 83.5 Å². The molecule has 3 aromatic rings. The molecule has 34 heavy (non-hydrogen) atoms. The Labute approximate surface area is 207 Å². The van der Waals surface area contributed by atoms with Gasteiger partial charge in [-0.3, -0.25) is 4.79 Å². The van der Waals surface area contributed by atoms with E-state index in [0.717, 1.165) is 18.4 Å². The molecule has 3 rings (SSSR count). The highest BCUT2D eigenvalue weighted by molar-refractivity contribution is 6.34. The third-order valence-corrected chi connectivity index (χ3v) is 6.40. The third-order valence-electron chi connectivity index (χ3n) is 6.09. The van der Waals surface area contributed by atoms with Gasteiger partial charge in [0, 0.05) is 5.56 Å².